The van der Waals surface area contributed by atoms with Crippen molar-refractivity contribution < 1.29 is 24.0 Å². The molecule has 0 unspecified atom stereocenters. The highest BCUT2D eigenvalue weighted by molar-refractivity contribution is 6.05. The van der Waals surface area contributed by atoms with Gasteiger partial charge in [0.2, 0.25) is 5.95 Å². The van der Waals surface area contributed by atoms with E-state index in [2.05, 4.69) is 30.6 Å². The molecule has 0 fully saturated rings. The molecule has 8 nitrogen and oxygen atoms in total. The summed E-state index contributed by atoms with van der Waals surface area (Å²) in [7, 11) is 0. The van der Waals surface area contributed by atoms with Gasteiger partial charge < -0.3 is 15.2 Å². The molecule has 0 spiro atoms. The molecular formula is C28H25N7O. The van der Waals surface area contributed by atoms with Crippen LogP contribution in [0.3, 0.4) is 0 Å². The number of benzene rings is 2. The molecule has 8 heteroatoms. The fraction of sp³-hybridized carbons (Fsp3) is 0.107. The van der Waals surface area contributed by atoms with Gasteiger partial charge in [0, 0.05) is 57.0 Å². The molecule has 0 atom stereocenters. The summed E-state index contributed by atoms with van der Waals surface area (Å²) in [6.07, 6.45) is -2.45. The number of aromatic nitrogens is 5. The molecule has 36 heavy (non-hydrogen) atoms. The van der Waals surface area contributed by atoms with Gasteiger partial charge in [-0.25, -0.2) is 15.0 Å². The topological polar surface area (TPSA) is 97.6 Å². The van der Waals surface area contributed by atoms with Crippen LogP contribution in [0.15, 0.2) is 85.4 Å². The predicted molar refractivity (Wildman–Crippen MR) is 141 cm³/mol. The van der Waals surface area contributed by atoms with Crippen molar-refractivity contribution in [3.8, 4) is 16.9 Å². The Bertz CT molecular complexity index is 2240. The highest BCUT2D eigenvalue weighted by Crippen LogP contribution is 2.24. The molecular weight excluding hydrogens is 450 g/mol. The van der Waals surface area contributed by atoms with Crippen molar-refractivity contribution in [1.82, 2.24) is 24.5 Å². The summed E-state index contributed by atoms with van der Waals surface area (Å²) in [5, 5.41) is 4.97. The number of anilines is 3. The largest absolute Gasteiger partial charge is 0.324 e. The van der Waals surface area contributed by atoms with E-state index >= 15 is 0 Å². The van der Waals surface area contributed by atoms with Gasteiger partial charge in [0.05, 0.1) is 31.4 Å². The lowest BCUT2D eigenvalue weighted by Gasteiger charge is -2.13. The molecule has 3 heterocycles. The van der Waals surface area contributed by atoms with E-state index in [0.29, 0.717) is 16.9 Å². The molecule has 5 rings (SSSR count). The number of hydrogen-bond donors (Lipinski definition) is 2. The van der Waals surface area contributed by atoms with E-state index in [-0.39, 0.29) is 18.2 Å². The van der Waals surface area contributed by atoms with Crippen molar-refractivity contribution in [3.05, 3.63) is 108 Å². The summed E-state index contributed by atoms with van der Waals surface area (Å²) in [5.74, 6) is -1.73. The molecule has 2 aromatic carbocycles. The molecule has 0 saturated carbocycles. The SMILES string of the molecule is [2H]c1nc(Nc2c([2H])c(C(=O)Nc3cc(C)cc(-n4c([2H])nc(C)c4[2H])c3)c([2H])c([2H])c2C([2H])([2H])[2H])nc(-c2c([2H])nc([2H])c([2H])c2[2H])c1[2H]. The average Bonchev–Trinajstić information content (AvgIpc) is 3.26. The molecule has 5 aromatic rings. The zero-order chi connectivity index (χ0) is 37.1. The van der Waals surface area contributed by atoms with Crippen LogP contribution >= 0.6 is 0 Å². The molecule has 0 aliphatic rings. The maximum atomic E-state index is 13.7. The van der Waals surface area contributed by atoms with Crippen LogP contribution in [0.4, 0.5) is 17.3 Å². The minimum atomic E-state index is -3.13. The third-order valence-corrected chi connectivity index (χ3v) is 4.70. The fourth-order valence-corrected chi connectivity index (χ4v) is 3.15. The van der Waals surface area contributed by atoms with Crippen LogP contribution in [0.5, 0.6) is 0 Å². The number of amides is 1. The van der Waals surface area contributed by atoms with Crippen LogP contribution in [0, 0.1) is 20.7 Å². The monoisotopic (exact) mass is 489 g/mol. The van der Waals surface area contributed by atoms with Crippen LogP contribution in [-0.4, -0.2) is 30.4 Å². The van der Waals surface area contributed by atoms with E-state index in [9.17, 15) is 4.79 Å². The molecule has 178 valence electrons. The minimum Gasteiger partial charge on any atom is -0.324 e. The number of pyridine rings is 1. The number of imidazole rings is 1. The first-order valence-corrected chi connectivity index (χ1v) is 10.4. The van der Waals surface area contributed by atoms with Crippen molar-refractivity contribution in [1.29, 1.82) is 0 Å². The summed E-state index contributed by atoms with van der Waals surface area (Å²) in [4.78, 5) is 29.1. The first kappa shape index (κ1) is 11.7. The quantitative estimate of drug-likeness (QED) is 0.320. The third kappa shape index (κ3) is 5.12. The Morgan fingerprint density at radius 1 is 1.08 bits per heavy atom. The van der Waals surface area contributed by atoms with Crippen molar-refractivity contribution >= 4 is 23.2 Å². The fourth-order valence-electron chi connectivity index (χ4n) is 3.15. The molecule has 0 aliphatic heterocycles. The Kier molecular flexibility index (Phi) is 3.19. The number of nitrogens with one attached hydrogen (secondary N) is 2. The van der Waals surface area contributed by atoms with E-state index in [1.54, 1.807) is 19.9 Å². The molecule has 3 aromatic heterocycles. The Morgan fingerprint density at radius 2 is 2.00 bits per heavy atom. The summed E-state index contributed by atoms with van der Waals surface area (Å²) >= 11 is 0. The summed E-state index contributed by atoms with van der Waals surface area (Å²) < 4.78 is 116. The van der Waals surface area contributed by atoms with E-state index in [1.165, 1.54) is 16.7 Å². The lowest BCUT2D eigenvalue weighted by atomic mass is 10.1. The van der Waals surface area contributed by atoms with Gasteiger partial charge in [0.25, 0.3) is 5.91 Å². The van der Waals surface area contributed by atoms with Gasteiger partial charge in [-0.1, -0.05) is 6.04 Å². The number of carbonyl (C=O) groups is 1. The zero-order valence-corrected chi connectivity index (χ0v) is 18.9. The van der Waals surface area contributed by atoms with Crippen LogP contribution in [0.25, 0.3) is 16.9 Å². The van der Waals surface area contributed by atoms with Gasteiger partial charge in [-0.3, -0.25) is 9.78 Å². The zero-order valence-electron chi connectivity index (χ0n) is 32.9. The normalized spacial score (nSPS) is 16.6. The van der Waals surface area contributed by atoms with Crippen molar-refractivity contribution in [2.24, 2.45) is 0 Å². The summed E-state index contributed by atoms with van der Waals surface area (Å²) in [6, 6.07) is -0.176. The third-order valence-electron chi connectivity index (χ3n) is 4.70. The Balaban J connectivity index is 1.64. The summed E-state index contributed by atoms with van der Waals surface area (Å²) in [6.45, 7) is 0.115. The van der Waals surface area contributed by atoms with Gasteiger partial charge in [0.15, 0.2) is 0 Å². The number of aryl methyl sites for hydroxylation is 2. The minimum absolute atomic E-state index is 0.0584. The highest BCUT2D eigenvalue weighted by atomic mass is 16.1. The second-order valence-corrected chi connectivity index (χ2v) is 7.47. The Morgan fingerprint density at radius 3 is 2.83 bits per heavy atom. The van der Waals surface area contributed by atoms with Crippen LogP contribution < -0.4 is 10.6 Å². The lowest BCUT2D eigenvalue weighted by Crippen LogP contribution is -2.13. The van der Waals surface area contributed by atoms with Gasteiger partial charge in [-0.05, 0) is 80.2 Å². The Hall–Kier alpha value is -4.85. The maximum Gasteiger partial charge on any atom is 0.255 e. The van der Waals surface area contributed by atoms with E-state index in [4.69, 9.17) is 19.2 Å². The standard InChI is InChI=1S/C28H25N7O/c1-18-11-23(14-24(12-18)35-16-20(3)31-17-35)32-27(36)21-7-6-19(2)26(13-21)34-28-30-10-8-25(33-28)22-5-4-9-29-15-22/h4-17H,1-3H3,(H,32,36)(H,30,33,34)/i2D3,4D,5D,6D,7D,8D,9D,10D,13D,15D,16D,17D. The lowest BCUT2D eigenvalue weighted by molar-refractivity contribution is 0.102. The average molecular weight is 490 g/mol. The first-order valence-electron chi connectivity index (χ1n) is 17.4. The van der Waals surface area contributed by atoms with E-state index in [1.807, 2.05) is 0 Å². The second kappa shape index (κ2) is 9.79. The second-order valence-electron chi connectivity index (χ2n) is 7.47. The summed E-state index contributed by atoms with van der Waals surface area (Å²) in [5.41, 5.74) is -2.00. The maximum absolute atomic E-state index is 13.7. The van der Waals surface area contributed by atoms with E-state index < -0.39 is 102 Å². The molecule has 0 radical (unpaired) electrons. The van der Waals surface area contributed by atoms with Gasteiger partial charge >= 0.3 is 0 Å². The van der Waals surface area contributed by atoms with Crippen LogP contribution in [0.2, 0.25) is 0 Å². The molecule has 1 amide bonds. The molecule has 2 N–H and O–H groups in total. The number of nitrogens with zero attached hydrogens (tertiary/aromatic N) is 5. The van der Waals surface area contributed by atoms with Gasteiger partial charge in [0.1, 0.15) is 1.37 Å². The highest BCUT2D eigenvalue weighted by Gasteiger charge is 2.12. The molecule has 0 bridgehead atoms. The van der Waals surface area contributed by atoms with E-state index in [0.717, 1.165) is 0 Å². The Labute approximate surface area is 228 Å². The number of carbonyl (C=O) groups excluding carboxylic acids is 1. The molecule has 0 aliphatic carbocycles. The van der Waals surface area contributed by atoms with Gasteiger partial charge in [-0.15, -0.1) is 0 Å². The van der Waals surface area contributed by atoms with Crippen LogP contribution in [0.1, 0.15) is 46.4 Å². The van der Waals surface area contributed by atoms with Crippen molar-refractivity contribution in [2.75, 3.05) is 10.6 Å². The van der Waals surface area contributed by atoms with Gasteiger partial charge in [-0.2, -0.15) is 0 Å². The smallest absolute Gasteiger partial charge is 0.255 e. The van der Waals surface area contributed by atoms with Crippen molar-refractivity contribution in [2.45, 2.75) is 20.7 Å². The number of hydrogen-bond acceptors (Lipinski definition) is 6. The first-order chi connectivity index (χ1) is 23.2. The van der Waals surface area contributed by atoms with Crippen molar-refractivity contribution in [3.63, 3.8) is 0 Å². The number of rotatable bonds is 6. The predicted octanol–water partition coefficient (Wildman–Crippen LogP) is 5.65. The molecule has 0 saturated heterocycles. The van der Waals surface area contributed by atoms with Crippen LogP contribution in [-0.2, 0) is 0 Å².